The third-order valence-corrected chi connectivity index (χ3v) is 3.70. The van der Waals surface area contributed by atoms with Gasteiger partial charge in [-0.1, -0.05) is 34.5 Å². The summed E-state index contributed by atoms with van der Waals surface area (Å²) in [7, 11) is 0. The van der Waals surface area contributed by atoms with Crippen LogP contribution in [-0.4, -0.2) is 11.0 Å². The van der Waals surface area contributed by atoms with Crippen molar-refractivity contribution in [2.24, 2.45) is 0 Å². The number of carbonyl (C=O) groups is 1. The fourth-order valence-corrected chi connectivity index (χ4v) is 2.41. The van der Waals surface area contributed by atoms with Crippen LogP contribution in [0.4, 0.5) is 5.69 Å². The average Bonchev–Trinajstić information content (AvgIpc) is 2.43. The number of phenolic OH excluding ortho intramolecular Hbond substituents is 1. The summed E-state index contributed by atoms with van der Waals surface area (Å²) in [6.07, 6.45) is 0.811. The molecule has 0 saturated carbocycles. The van der Waals surface area contributed by atoms with Gasteiger partial charge < -0.3 is 10.4 Å². The lowest BCUT2D eigenvalue weighted by molar-refractivity contribution is 0.102. The lowest BCUT2D eigenvalue weighted by Crippen LogP contribution is -2.13. The highest BCUT2D eigenvalue weighted by atomic mass is 79.9. The first kappa shape index (κ1) is 14.9. The highest BCUT2D eigenvalue weighted by molar-refractivity contribution is 9.10. The van der Waals surface area contributed by atoms with Crippen LogP contribution in [0.2, 0.25) is 5.02 Å². The molecule has 0 aromatic heterocycles. The fraction of sp³-hybridized carbons (Fsp3) is 0.133. The minimum absolute atomic E-state index is 0.0406. The molecule has 0 aliphatic rings. The smallest absolute Gasteiger partial charge is 0.255 e. The van der Waals surface area contributed by atoms with Gasteiger partial charge in [-0.15, -0.1) is 0 Å². The van der Waals surface area contributed by atoms with Crippen LogP contribution in [0.1, 0.15) is 22.8 Å². The quantitative estimate of drug-likeness (QED) is 0.845. The number of hydrogen-bond acceptors (Lipinski definition) is 2. The number of hydrogen-bond donors (Lipinski definition) is 2. The van der Waals surface area contributed by atoms with E-state index in [1.54, 1.807) is 0 Å². The highest BCUT2D eigenvalue weighted by Gasteiger charge is 2.10. The standard InChI is InChI=1S/C15H13BrClNO2/c1-2-9-7-11(16)4-5-13(9)18-15(20)10-3-6-14(19)12(17)8-10/h3-8,19H,2H2,1H3,(H,18,20). The maximum Gasteiger partial charge on any atom is 0.255 e. The van der Waals surface area contributed by atoms with Gasteiger partial charge in [0, 0.05) is 15.7 Å². The second-order valence-electron chi connectivity index (χ2n) is 4.28. The summed E-state index contributed by atoms with van der Waals surface area (Å²) >= 11 is 9.21. The number of nitrogens with one attached hydrogen (secondary N) is 1. The maximum absolute atomic E-state index is 12.2. The molecule has 0 aliphatic carbocycles. The first-order valence-corrected chi connectivity index (χ1v) is 7.26. The van der Waals surface area contributed by atoms with Crippen LogP contribution in [0.15, 0.2) is 40.9 Å². The second kappa shape index (κ2) is 6.29. The van der Waals surface area contributed by atoms with Gasteiger partial charge in [-0.3, -0.25) is 4.79 Å². The molecular weight excluding hydrogens is 342 g/mol. The highest BCUT2D eigenvalue weighted by Crippen LogP contribution is 2.25. The number of carbonyl (C=O) groups excluding carboxylic acids is 1. The summed E-state index contributed by atoms with van der Waals surface area (Å²) in [5, 5.41) is 12.4. The third kappa shape index (κ3) is 3.32. The van der Waals surface area contributed by atoms with Crippen LogP contribution in [0.25, 0.3) is 0 Å². The molecule has 0 atom stereocenters. The number of aryl methyl sites for hydroxylation is 1. The Labute approximate surface area is 130 Å². The van der Waals surface area contributed by atoms with E-state index >= 15 is 0 Å². The van der Waals surface area contributed by atoms with E-state index in [-0.39, 0.29) is 16.7 Å². The minimum Gasteiger partial charge on any atom is -0.506 e. The van der Waals surface area contributed by atoms with E-state index in [0.717, 1.165) is 22.1 Å². The van der Waals surface area contributed by atoms with Crippen molar-refractivity contribution in [3.8, 4) is 5.75 Å². The van der Waals surface area contributed by atoms with E-state index in [2.05, 4.69) is 21.2 Å². The molecule has 0 saturated heterocycles. The molecular formula is C15H13BrClNO2. The van der Waals surface area contributed by atoms with Gasteiger partial charge in [-0.05, 0) is 48.4 Å². The molecule has 0 fully saturated rings. The molecule has 0 spiro atoms. The van der Waals surface area contributed by atoms with E-state index in [9.17, 15) is 9.90 Å². The molecule has 2 aromatic rings. The molecule has 0 unspecified atom stereocenters. The molecule has 2 rings (SSSR count). The number of rotatable bonds is 3. The average molecular weight is 355 g/mol. The number of amides is 1. The Kier molecular flexibility index (Phi) is 4.68. The van der Waals surface area contributed by atoms with E-state index in [0.29, 0.717) is 5.56 Å². The van der Waals surface area contributed by atoms with Gasteiger partial charge in [0.1, 0.15) is 5.75 Å². The monoisotopic (exact) mass is 353 g/mol. The van der Waals surface area contributed by atoms with E-state index in [4.69, 9.17) is 11.6 Å². The molecule has 0 heterocycles. The summed E-state index contributed by atoms with van der Waals surface area (Å²) in [4.78, 5) is 12.2. The van der Waals surface area contributed by atoms with E-state index in [1.807, 2.05) is 25.1 Å². The molecule has 0 radical (unpaired) electrons. The Morgan fingerprint density at radius 1 is 1.30 bits per heavy atom. The molecule has 104 valence electrons. The van der Waals surface area contributed by atoms with Crippen molar-refractivity contribution in [2.45, 2.75) is 13.3 Å². The Hall–Kier alpha value is -1.52. The normalized spacial score (nSPS) is 10.3. The van der Waals surface area contributed by atoms with Crippen molar-refractivity contribution in [1.82, 2.24) is 0 Å². The van der Waals surface area contributed by atoms with E-state index < -0.39 is 0 Å². The molecule has 2 aromatic carbocycles. The molecule has 20 heavy (non-hydrogen) atoms. The van der Waals surface area contributed by atoms with Gasteiger partial charge in [0.2, 0.25) is 0 Å². The molecule has 3 nitrogen and oxygen atoms in total. The summed E-state index contributed by atoms with van der Waals surface area (Å²) in [6.45, 7) is 2.02. The van der Waals surface area contributed by atoms with Gasteiger partial charge in [-0.25, -0.2) is 0 Å². The fourth-order valence-electron chi connectivity index (χ4n) is 1.82. The van der Waals surface area contributed by atoms with Crippen LogP contribution in [0, 0.1) is 0 Å². The topological polar surface area (TPSA) is 49.3 Å². The largest absolute Gasteiger partial charge is 0.506 e. The first-order chi connectivity index (χ1) is 9.51. The summed E-state index contributed by atoms with van der Waals surface area (Å²) in [5.74, 6) is -0.301. The lowest BCUT2D eigenvalue weighted by atomic mass is 10.1. The third-order valence-electron chi connectivity index (χ3n) is 2.91. The molecule has 2 N–H and O–H groups in total. The molecule has 0 bridgehead atoms. The second-order valence-corrected chi connectivity index (χ2v) is 5.60. The van der Waals surface area contributed by atoms with Crippen LogP contribution < -0.4 is 5.32 Å². The summed E-state index contributed by atoms with van der Waals surface area (Å²) in [5.41, 5.74) is 2.21. The van der Waals surface area contributed by atoms with Gasteiger partial charge in [-0.2, -0.15) is 0 Å². The van der Waals surface area contributed by atoms with Crippen molar-refractivity contribution >= 4 is 39.1 Å². The van der Waals surface area contributed by atoms with E-state index in [1.165, 1.54) is 18.2 Å². The van der Waals surface area contributed by atoms with Gasteiger partial charge in [0.25, 0.3) is 5.91 Å². The summed E-state index contributed by atoms with van der Waals surface area (Å²) in [6, 6.07) is 10.1. The van der Waals surface area contributed by atoms with Crippen molar-refractivity contribution in [1.29, 1.82) is 0 Å². The van der Waals surface area contributed by atoms with Crippen molar-refractivity contribution in [3.05, 3.63) is 57.0 Å². The Bertz CT molecular complexity index is 658. The van der Waals surface area contributed by atoms with Crippen molar-refractivity contribution in [2.75, 3.05) is 5.32 Å². The molecule has 0 aliphatic heterocycles. The SMILES string of the molecule is CCc1cc(Br)ccc1NC(=O)c1ccc(O)c(Cl)c1. The zero-order valence-corrected chi connectivity index (χ0v) is 13.1. The van der Waals surface area contributed by atoms with Gasteiger partial charge in [0.15, 0.2) is 0 Å². The van der Waals surface area contributed by atoms with Crippen molar-refractivity contribution in [3.63, 3.8) is 0 Å². The number of phenols is 1. The lowest BCUT2D eigenvalue weighted by Gasteiger charge is -2.11. The van der Waals surface area contributed by atoms with Gasteiger partial charge in [0.05, 0.1) is 5.02 Å². The Morgan fingerprint density at radius 2 is 2.05 bits per heavy atom. The number of benzene rings is 2. The number of aromatic hydroxyl groups is 1. The minimum atomic E-state index is -0.260. The zero-order chi connectivity index (χ0) is 14.7. The van der Waals surface area contributed by atoms with Crippen LogP contribution in [0.5, 0.6) is 5.75 Å². The van der Waals surface area contributed by atoms with Crippen LogP contribution >= 0.6 is 27.5 Å². The predicted molar refractivity (Wildman–Crippen MR) is 84.6 cm³/mol. The number of halogens is 2. The van der Waals surface area contributed by atoms with Crippen LogP contribution in [0.3, 0.4) is 0 Å². The first-order valence-electron chi connectivity index (χ1n) is 6.09. The predicted octanol–water partition coefficient (Wildman–Crippen LogP) is 4.62. The van der Waals surface area contributed by atoms with Crippen LogP contribution in [-0.2, 0) is 6.42 Å². The zero-order valence-electron chi connectivity index (χ0n) is 10.8. The Balaban J connectivity index is 2.25. The Morgan fingerprint density at radius 3 is 2.70 bits per heavy atom. The van der Waals surface area contributed by atoms with Gasteiger partial charge >= 0.3 is 0 Å². The maximum atomic E-state index is 12.2. The molecule has 5 heteroatoms. The van der Waals surface area contributed by atoms with Crippen molar-refractivity contribution < 1.29 is 9.90 Å². The number of anilines is 1. The summed E-state index contributed by atoms with van der Waals surface area (Å²) < 4.78 is 0.972. The molecule has 1 amide bonds.